The van der Waals surface area contributed by atoms with Gasteiger partial charge in [-0.15, -0.1) is 0 Å². The van der Waals surface area contributed by atoms with Crippen LogP contribution in [0.25, 0.3) is 0 Å². The number of carbonyl (C=O) groups excluding carboxylic acids is 1. The Bertz CT molecular complexity index is 525. The quantitative estimate of drug-likeness (QED) is 0.912. The van der Waals surface area contributed by atoms with Crippen LogP contribution in [0.4, 0.5) is 10.5 Å². The van der Waals surface area contributed by atoms with E-state index < -0.39 is 5.60 Å². The van der Waals surface area contributed by atoms with Crippen molar-refractivity contribution in [3.63, 3.8) is 0 Å². The van der Waals surface area contributed by atoms with Crippen LogP contribution in [0.15, 0.2) is 24.3 Å². The summed E-state index contributed by atoms with van der Waals surface area (Å²) in [4.78, 5) is 16.2. The average molecular weight is 306 g/mol. The van der Waals surface area contributed by atoms with E-state index in [1.807, 2.05) is 52.0 Å². The molecular formula is C17H26N2O3. The molecule has 122 valence electrons. The maximum absolute atomic E-state index is 12.2. The first-order valence-corrected chi connectivity index (χ1v) is 7.74. The lowest BCUT2D eigenvalue weighted by Crippen LogP contribution is -2.55. The number of hydrogen-bond donors (Lipinski definition) is 1. The highest BCUT2D eigenvalue weighted by atomic mass is 16.6. The Morgan fingerprint density at radius 2 is 2.09 bits per heavy atom. The van der Waals surface area contributed by atoms with Crippen LogP contribution >= 0.6 is 0 Å². The maximum atomic E-state index is 12.2. The van der Waals surface area contributed by atoms with Crippen LogP contribution in [-0.4, -0.2) is 47.4 Å². The zero-order chi connectivity index (χ0) is 16.3. The Morgan fingerprint density at radius 1 is 1.36 bits per heavy atom. The van der Waals surface area contributed by atoms with E-state index in [0.717, 1.165) is 24.3 Å². The Morgan fingerprint density at radius 3 is 2.68 bits per heavy atom. The number of carbonyl (C=O) groups is 1. The predicted molar refractivity (Wildman–Crippen MR) is 87.0 cm³/mol. The molecule has 0 radical (unpaired) electrons. The molecule has 22 heavy (non-hydrogen) atoms. The third kappa shape index (κ3) is 4.13. The summed E-state index contributed by atoms with van der Waals surface area (Å²) in [6, 6.07) is 7.97. The van der Waals surface area contributed by atoms with Gasteiger partial charge in [0.25, 0.3) is 0 Å². The Labute approximate surface area is 132 Å². The second kappa shape index (κ2) is 6.57. The Balaban J connectivity index is 2.01. The number of rotatable bonds is 2. The van der Waals surface area contributed by atoms with Gasteiger partial charge in [0.15, 0.2) is 0 Å². The monoisotopic (exact) mass is 306 g/mol. The van der Waals surface area contributed by atoms with Crippen LogP contribution in [0.1, 0.15) is 33.3 Å². The molecule has 1 unspecified atom stereocenters. The molecule has 1 heterocycles. The van der Waals surface area contributed by atoms with Gasteiger partial charge in [0.05, 0.1) is 6.61 Å². The molecule has 1 aromatic rings. The van der Waals surface area contributed by atoms with Crippen molar-refractivity contribution >= 4 is 11.8 Å². The molecule has 1 aromatic carbocycles. The van der Waals surface area contributed by atoms with Crippen molar-refractivity contribution in [1.29, 1.82) is 0 Å². The first-order valence-electron chi connectivity index (χ1n) is 7.74. The number of nitrogens with zero attached hydrogens (tertiary/aromatic N) is 2. The fraction of sp³-hybridized carbons (Fsp3) is 0.588. The minimum Gasteiger partial charge on any atom is -0.444 e. The molecule has 0 bridgehead atoms. The third-order valence-corrected chi connectivity index (χ3v) is 3.71. The SMILES string of the molecule is CC1CN(c2cccc(CO)c2)CCN1C(=O)OC(C)(C)C. The number of ether oxygens (including phenoxy) is 1. The van der Waals surface area contributed by atoms with Crippen LogP contribution in [0.3, 0.4) is 0 Å². The van der Waals surface area contributed by atoms with Gasteiger partial charge in [-0.2, -0.15) is 0 Å². The van der Waals surface area contributed by atoms with Crippen molar-refractivity contribution < 1.29 is 14.6 Å². The van der Waals surface area contributed by atoms with E-state index in [1.165, 1.54) is 0 Å². The number of hydrogen-bond acceptors (Lipinski definition) is 4. The van der Waals surface area contributed by atoms with Gasteiger partial charge in [-0.25, -0.2) is 4.79 Å². The first-order chi connectivity index (χ1) is 10.3. The van der Waals surface area contributed by atoms with Crippen molar-refractivity contribution in [2.75, 3.05) is 24.5 Å². The molecule has 0 aromatic heterocycles. The largest absolute Gasteiger partial charge is 0.444 e. The van der Waals surface area contributed by atoms with Gasteiger partial charge in [0.1, 0.15) is 5.60 Å². The zero-order valence-corrected chi connectivity index (χ0v) is 13.9. The molecule has 1 atom stereocenters. The number of anilines is 1. The molecule has 0 saturated carbocycles. The van der Waals surface area contributed by atoms with Crippen LogP contribution in [0.2, 0.25) is 0 Å². The Hall–Kier alpha value is -1.75. The topological polar surface area (TPSA) is 53.0 Å². The fourth-order valence-corrected chi connectivity index (χ4v) is 2.64. The number of aliphatic hydroxyl groups excluding tert-OH is 1. The molecule has 1 aliphatic heterocycles. The molecule has 1 N–H and O–H groups in total. The highest BCUT2D eigenvalue weighted by molar-refractivity contribution is 5.69. The highest BCUT2D eigenvalue weighted by Crippen LogP contribution is 2.22. The summed E-state index contributed by atoms with van der Waals surface area (Å²) in [7, 11) is 0. The van der Waals surface area contributed by atoms with Gasteiger partial charge in [0, 0.05) is 31.4 Å². The van der Waals surface area contributed by atoms with E-state index >= 15 is 0 Å². The molecule has 1 amide bonds. The van der Waals surface area contributed by atoms with Gasteiger partial charge in [-0.05, 0) is 45.4 Å². The fourth-order valence-electron chi connectivity index (χ4n) is 2.64. The van der Waals surface area contributed by atoms with Crippen LogP contribution in [0.5, 0.6) is 0 Å². The number of piperazine rings is 1. The number of amides is 1. The molecule has 0 spiro atoms. The minimum absolute atomic E-state index is 0.0429. The van der Waals surface area contributed by atoms with Crippen molar-refractivity contribution in [2.45, 2.75) is 45.9 Å². The molecule has 1 saturated heterocycles. The second-order valence-corrected chi connectivity index (χ2v) is 6.80. The summed E-state index contributed by atoms with van der Waals surface area (Å²) in [6.45, 7) is 9.88. The van der Waals surface area contributed by atoms with E-state index in [2.05, 4.69) is 4.90 Å². The smallest absolute Gasteiger partial charge is 0.410 e. The van der Waals surface area contributed by atoms with Crippen molar-refractivity contribution in [1.82, 2.24) is 4.90 Å². The zero-order valence-electron chi connectivity index (χ0n) is 13.9. The number of benzene rings is 1. The van der Waals surface area contributed by atoms with Gasteiger partial charge < -0.3 is 19.6 Å². The maximum Gasteiger partial charge on any atom is 0.410 e. The molecular weight excluding hydrogens is 280 g/mol. The molecule has 2 rings (SSSR count). The second-order valence-electron chi connectivity index (χ2n) is 6.80. The first kappa shape index (κ1) is 16.6. The van der Waals surface area contributed by atoms with Crippen molar-refractivity contribution in [3.05, 3.63) is 29.8 Å². The van der Waals surface area contributed by atoms with Gasteiger partial charge >= 0.3 is 6.09 Å². The lowest BCUT2D eigenvalue weighted by atomic mass is 10.1. The molecule has 5 nitrogen and oxygen atoms in total. The molecule has 0 aliphatic carbocycles. The third-order valence-electron chi connectivity index (χ3n) is 3.71. The van der Waals surface area contributed by atoms with Crippen molar-refractivity contribution in [2.24, 2.45) is 0 Å². The number of aliphatic hydroxyl groups is 1. The standard InChI is InChI=1S/C17H26N2O3/c1-13-11-18(15-7-5-6-14(10-15)12-20)8-9-19(13)16(21)22-17(2,3)4/h5-7,10,13,20H,8-9,11-12H2,1-4H3. The minimum atomic E-state index is -0.469. The van der Waals surface area contributed by atoms with E-state index in [0.29, 0.717) is 6.54 Å². The summed E-state index contributed by atoms with van der Waals surface area (Å²) in [5.41, 5.74) is 1.52. The van der Waals surface area contributed by atoms with Gasteiger partial charge in [-0.3, -0.25) is 0 Å². The van der Waals surface area contributed by atoms with Crippen LogP contribution < -0.4 is 4.90 Å². The molecule has 1 fully saturated rings. The molecule has 5 heteroatoms. The van der Waals surface area contributed by atoms with Crippen LogP contribution in [0, 0.1) is 0 Å². The van der Waals surface area contributed by atoms with E-state index in [9.17, 15) is 9.90 Å². The van der Waals surface area contributed by atoms with E-state index in [1.54, 1.807) is 4.90 Å². The van der Waals surface area contributed by atoms with E-state index in [-0.39, 0.29) is 18.7 Å². The summed E-state index contributed by atoms with van der Waals surface area (Å²) in [5.74, 6) is 0. The van der Waals surface area contributed by atoms with E-state index in [4.69, 9.17) is 4.74 Å². The lowest BCUT2D eigenvalue weighted by molar-refractivity contribution is 0.0159. The summed E-state index contributed by atoms with van der Waals surface area (Å²) < 4.78 is 5.46. The summed E-state index contributed by atoms with van der Waals surface area (Å²) in [6.07, 6.45) is -0.247. The van der Waals surface area contributed by atoms with Crippen LogP contribution in [-0.2, 0) is 11.3 Å². The predicted octanol–water partition coefficient (Wildman–Crippen LogP) is 2.62. The summed E-state index contributed by atoms with van der Waals surface area (Å²) in [5, 5.41) is 9.25. The lowest BCUT2D eigenvalue weighted by Gasteiger charge is -2.41. The normalized spacial score (nSPS) is 19.2. The molecule has 1 aliphatic rings. The van der Waals surface area contributed by atoms with Gasteiger partial charge in [-0.1, -0.05) is 12.1 Å². The highest BCUT2D eigenvalue weighted by Gasteiger charge is 2.30. The summed E-state index contributed by atoms with van der Waals surface area (Å²) >= 11 is 0. The Kier molecular flexibility index (Phi) is 4.96. The van der Waals surface area contributed by atoms with Crippen molar-refractivity contribution in [3.8, 4) is 0 Å². The van der Waals surface area contributed by atoms with Gasteiger partial charge in [0.2, 0.25) is 0 Å². The average Bonchev–Trinajstić information content (AvgIpc) is 2.45.